The first-order valence-corrected chi connectivity index (χ1v) is 9.48. The lowest BCUT2D eigenvalue weighted by molar-refractivity contribution is -0.121. The first kappa shape index (κ1) is 17.6. The number of nitrogens with zero attached hydrogens (tertiary/aromatic N) is 2. The van der Waals surface area contributed by atoms with E-state index in [4.69, 9.17) is 0 Å². The van der Waals surface area contributed by atoms with Crippen molar-refractivity contribution in [2.45, 2.75) is 50.6 Å². The van der Waals surface area contributed by atoms with Gasteiger partial charge in [-0.2, -0.15) is 0 Å². The number of hydrogen-bond donors (Lipinski definition) is 3. The summed E-state index contributed by atoms with van der Waals surface area (Å²) >= 11 is 0. The molecular weight excluding hydrogens is 306 g/mol. The third-order valence-corrected chi connectivity index (χ3v) is 5.48. The standard InChI is InChI=1S/C17H31N5O2/c23-16(20-17(24)19-14-4-2-1-3-5-14)13-21-9-6-15(12-21)22-10-7-18-8-11-22/h14-15,18H,1-13H2,(H2,19,20,23,24). The Hall–Kier alpha value is -1.18. The van der Waals surface area contributed by atoms with E-state index in [9.17, 15) is 9.59 Å². The van der Waals surface area contributed by atoms with Gasteiger partial charge in [0, 0.05) is 51.4 Å². The highest BCUT2D eigenvalue weighted by Crippen LogP contribution is 2.17. The second-order valence-corrected chi connectivity index (χ2v) is 7.32. The SMILES string of the molecule is O=C(CN1CCC(N2CCNCC2)C1)NC(=O)NC1CCCCC1. The quantitative estimate of drug-likeness (QED) is 0.680. The summed E-state index contributed by atoms with van der Waals surface area (Å²) in [5.74, 6) is -0.190. The highest BCUT2D eigenvalue weighted by molar-refractivity contribution is 5.95. The average molecular weight is 337 g/mol. The van der Waals surface area contributed by atoms with Crippen LogP contribution in [-0.2, 0) is 4.79 Å². The van der Waals surface area contributed by atoms with Crippen molar-refractivity contribution >= 4 is 11.9 Å². The van der Waals surface area contributed by atoms with E-state index < -0.39 is 0 Å². The molecule has 2 heterocycles. The predicted octanol–water partition coefficient (Wildman–Crippen LogP) is 0.124. The smallest absolute Gasteiger partial charge is 0.321 e. The molecule has 0 bridgehead atoms. The van der Waals surface area contributed by atoms with Gasteiger partial charge in [0.2, 0.25) is 5.91 Å². The second-order valence-electron chi connectivity index (χ2n) is 7.32. The Balaban J connectivity index is 1.35. The normalized spacial score (nSPS) is 27.1. The monoisotopic (exact) mass is 337 g/mol. The average Bonchev–Trinajstić information content (AvgIpc) is 3.04. The van der Waals surface area contributed by atoms with Crippen molar-refractivity contribution in [3.8, 4) is 0 Å². The Morgan fingerprint density at radius 1 is 1.00 bits per heavy atom. The van der Waals surface area contributed by atoms with Crippen molar-refractivity contribution in [2.24, 2.45) is 0 Å². The number of imide groups is 1. The van der Waals surface area contributed by atoms with E-state index in [-0.39, 0.29) is 18.0 Å². The zero-order valence-electron chi connectivity index (χ0n) is 14.6. The van der Waals surface area contributed by atoms with Gasteiger partial charge in [0.1, 0.15) is 0 Å². The molecule has 1 aliphatic carbocycles. The summed E-state index contributed by atoms with van der Waals surface area (Å²) in [5, 5.41) is 8.80. The maximum atomic E-state index is 12.1. The summed E-state index contributed by atoms with van der Waals surface area (Å²) in [4.78, 5) is 28.7. The van der Waals surface area contributed by atoms with Gasteiger partial charge < -0.3 is 10.6 Å². The molecule has 0 spiro atoms. The first-order chi connectivity index (χ1) is 11.7. The van der Waals surface area contributed by atoms with Crippen LogP contribution in [0.25, 0.3) is 0 Å². The molecule has 3 rings (SSSR count). The minimum atomic E-state index is -0.329. The first-order valence-electron chi connectivity index (χ1n) is 9.48. The van der Waals surface area contributed by atoms with Crippen LogP contribution in [0.1, 0.15) is 38.5 Å². The van der Waals surface area contributed by atoms with Crippen molar-refractivity contribution in [3.05, 3.63) is 0 Å². The van der Waals surface area contributed by atoms with Crippen LogP contribution >= 0.6 is 0 Å². The van der Waals surface area contributed by atoms with Crippen LogP contribution in [0.3, 0.4) is 0 Å². The Bertz CT molecular complexity index is 433. The number of amides is 3. The van der Waals surface area contributed by atoms with E-state index >= 15 is 0 Å². The number of carbonyl (C=O) groups excluding carboxylic acids is 2. The summed E-state index contributed by atoms with van der Waals surface area (Å²) in [6.45, 7) is 6.48. The van der Waals surface area contributed by atoms with Crippen LogP contribution < -0.4 is 16.0 Å². The summed E-state index contributed by atoms with van der Waals surface area (Å²) in [6.07, 6.45) is 6.75. The number of hydrogen-bond acceptors (Lipinski definition) is 5. The van der Waals surface area contributed by atoms with Crippen LogP contribution in [0.2, 0.25) is 0 Å². The molecule has 2 aliphatic heterocycles. The van der Waals surface area contributed by atoms with Crippen molar-refractivity contribution < 1.29 is 9.59 Å². The predicted molar refractivity (Wildman–Crippen MR) is 92.8 cm³/mol. The van der Waals surface area contributed by atoms with Crippen molar-refractivity contribution in [3.63, 3.8) is 0 Å². The summed E-state index contributed by atoms with van der Waals surface area (Å²) < 4.78 is 0. The van der Waals surface area contributed by atoms with Gasteiger partial charge in [-0.1, -0.05) is 19.3 Å². The lowest BCUT2D eigenvalue weighted by atomic mass is 9.96. The molecule has 3 aliphatic rings. The van der Waals surface area contributed by atoms with E-state index in [0.29, 0.717) is 12.6 Å². The van der Waals surface area contributed by atoms with Crippen LogP contribution in [0.5, 0.6) is 0 Å². The third kappa shape index (κ3) is 5.16. The molecule has 1 unspecified atom stereocenters. The van der Waals surface area contributed by atoms with Gasteiger partial charge >= 0.3 is 6.03 Å². The number of piperazine rings is 1. The molecule has 3 amide bonds. The summed E-state index contributed by atoms with van der Waals surface area (Å²) in [6, 6.07) is 0.455. The van der Waals surface area contributed by atoms with Gasteiger partial charge in [0.25, 0.3) is 0 Å². The molecule has 3 fully saturated rings. The lowest BCUT2D eigenvalue weighted by Gasteiger charge is -2.32. The molecule has 1 atom stereocenters. The van der Waals surface area contributed by atoms with Crippen LogP contribution in [0.4, 0.5) is 4.79 Å². The maximum Gasteiger partial charge on any atom is 0.321 e. The Kier molecular flexibility index (Phi) is 6.45. The minimum Gasteiger partial charge on any atom is -0.335 e. The molecule has 1 saturated carbocycles. The number of rotatable bonds is 4. The fourth-order valence-electron chi connectivity index (χ4n) is 4.14. The van der Waals surface area contributed by atoms with Gasteiger partial charge in [-0.3, -0.25) is 19.9 Å². The van der Waals surface area contributed by atoms with E-state index in [2.05, 4.69) is 25.8 Å². The number of nitrogens with one attached hydrogen (secondary N) is 3. The molecule has 136 valence electrons. The molecule has 2 saturated heterocycles. The second kappa shape index (κ2) is 8.78. The summed E-state index contributed by atoms with van der Waals surface area (Å²) in [7, 11) is 0. The van der Waals surface area contributed by atoms with E-state index in [1.807, 2.05) is 0 Å². The van der Waals surface area contributed by atoms with E-state index in [0.717, 1.165) is 58.5 Å². The molecule has 0 aromatic heterocycles. The molecule has 0 aromatic rings. The van der Waals surface area contributed by atoms with Crippen LogP contribution in [0, 0.1) is 0 Å². The highest BCUT2D eigenvalue weighted by atomic mass is 16.2. The van der Waals surface area contributed by atoms with Gasteiger partial charge in [-0.25, -0.2) is 4.79 Å². The van der Waals surface area contributed by atoms with Gasteiger partial charge in [0.15, 0.2) is 0 Å². The largest absolute Gasteiger partial charge is 0.335 e. The van der Waals surface area contributed by atoms with Crippen LogP contribution in [0.15, 0.2) is 0 Å². The van der Waals surface area contributed by atoms with Crippen LogP contribution in [-0.4, -0.2) is 79.6 Å². The highest BCUT2D eigenvalue weighted by Gasteiger charge is 2.29. The number of carbonyl (C=O) groups is 2. The molecule has 7 heteroatoms. The lowest BCUT2D eigenvalue weighted by Crippen LogP contribution is -2.50. The zero-order chi connectivity index (χ0) is 16.8. The van der Waals surface area contributed by atoms with Crippen molar-refractivity contribution in [1.82, 2.24) is 25.8 Å². The maximum absolute atomic E-state index is 12.1. The minimum absolute atomic E-state index is 0.190. The van der Waals surface area contributed by atoms with Gasteiger partial charge in [-0.15, -0.1) is 0 Å². The third-order valence-electron chi connectivity index (χ3n) is 5.48. The van der Waals surface area contributed by atoms with Crippen molar-refractivity contribution in [1.29, 1.82) is 0 Å². The zero-order valence-corrected chi connectivity index (χ0v) is 14.6. The Morgan fingerprint density at radius 2 is 1.75 bits per heavy atom. The fourth-order valence-corrected chi connectivity index (χ4v) is 4.14. The fraction of sp³-hybridized carbons (Fsp3) is 0.882. The topological polar surface area (TPSA) is 76.7 Å². The summed E-state index contributed by atoms with van der Waals surface area (Å²) in [5.41, 5.74) is 0. The van der Waals surface area contributed by atoms with Gasteiger partial charge in [0.05, 0.1) is 6.54 Å². The molecule has 0 aromatic carbocycles. The van der Waals surface area contributed by atoms with E-state index in [1.165, 1.54) is 19.3 Å². The van der Waals surface area contributed by atoms with E-state index in [1.54, 1.807) is 0 Å². The van der Waals surface area contributed by atoms with Gasteiger partial charge in [-0.05, 0) is 19.3 Å². The molecule has 24 heavy (non-hydrogen) atoms. The molecular formula is C17H31N5O2. The number of urea groups is 1. The molecule has 3 N–H and O–H groups in total. The molecule has 0 radical (unpaired) electrons. The Morgan fingerprint density at radius 3 is 2.50 bits per heavy atom. The Labute approximate surface area is 144 Å². The molecule has 7 nitrogen and oxygen atoms in total. The van der Waals surface area contributed by atoms with Crippen molar-refractivity contribution in [2.75, 3.05) is 45.8 Å². The number of likely N-dealkylation sites (tertiary alicyclic amines) is 1.